The molecule has 0 aliphatic heterocycles. The molecule has 5 heteroatoms. The molecule has 0 aliphatic rings. The maximum absolute atomic E-state index is 13.0. The van der Waals surface area contributed by atoms with Crippen molar-refractivity contribution in [3.05, 3.63) is 95.8 Å². The molecule has 3 aromatic rings. The third kappa shape index (κ3) is 5.33. The molecule has 1 amide bonds. The topological polar surface area (TPSA) is 38.8 Å². The normalized spacial score (nSPS) is 10.4. The van der Waals surface area contributed by atoms with E-state index < -0.39 is 0 Å². The van der Waals surface area contributed by atoms with Crippen LogP contribution in [0.25, 0.3) is 0 Å². The smallest absolute Gasteiger partial charge is 0.257 e. The second-order valence-corrected chi connectivity index (χ2v) is 6.30. The Morgan fingerprint density at radius 2 is 1.57 bits per heavy atom. The molecule has 3 aromatic carbocycles. The molecule has 0 aliphatic carbocycles. The molecular weight excluding hydrogens is 357 g/mol. The number of benzene rings is 3. The highest BCUT2D eigenvalue weighted by Gasteiger charge is 2.16. The first-order valence-electron chi connectivity index (χ1n) is 9.03. The Hall–Kier alpha value is -3.34. The molecule has 0 saturated heterocycles. The average molecular weight is 379 g/mol. The molecule has 4 nitrogen and oxygen atoms in total. The van der Waals surface area contributed by atoms with Gasteiger partial charge in [-0.05, 0) is 42.0 Å². The maximum Gasteiger partial charge on any atom is 0.257 e. The zero-order valence-electron chi connectivity index (χ0n) is 15.7. The molecule has 3 rings (SSSR count). The molecule has 0 N–H and O–H groups in total. The van der Waals surface area contributed by atoms with Gasteiger partial charge in [0, 0.05) is 7.05 Å². The number of nitrogens with zero attached hydrogens (tertiary/aromatic N) is 1. The van der Waals surface area contributed by atoms with Gasteiger partial charge < -0.3 is 14.4 Å². The third-order valence-electron chi connectivity index (χ3n) is 4.21. The summed E-state index contributed by atoms with van der Waals surface area (Å²) >= 11 is 0. The second-order valence-electron chi connectivity index (χ2n) is 6.30. The number of carbonyl (C=O) groups is 1. The van der Waals surface area contributed by atoms with Crippen LogP contribution >= 0.6 is 0 Å². The van der Waals surface area contributed by atoms with E-state index in [1.165, 1.54) is 12.1 Å². The minimum Gasteiger partial charge on any atom is -0.492 e. The van der Waals surface area contributed by atoms with E-state index in [0.29, 0.717) is 24.5 Å². The van der Waals surface area contributed by atoms with Crippen LogP contribution in [-0.4, -0.2) is 31.0 Å². The second kappa shape index (κ2) is 9.55. The summed E-state index contributed by atoms with van der Waals surface area (Å²) in [7, 11) is 1.73. The Morgan fingerprint density at radius 1 is 0.893 bits per heavy atom. The minimum atomic E-state index is -0.293. The van der Waals surface area contributed by atoms with Crippen molar-refractivity contribution in [2.45, 2.75) is 6.61 Å². The largest absolute Gasteiger partial charge is 0.492 e. The first-order chi connectivity index (χ1) is 13.6. The van der Waals surface area contributed by atoms with Crippen LogP contribution in [0, 0.1) is 5.82 Å². The molecule has 0 unspecified atom stereocenters. The van der Waals surface area contributed by atoms with Crippen molar-refractivity contribution in [2.75, 3.05) is 20.2 Å². The number of likely N-dealkylation sites (N-methyl/N-ethyl adjacent to an activating group) is 1. The van der Waals surface area contributed by atoms with Gasteiger partial charge in [0.15, 0.2) is 0 Å². The van der Waals surface area contributed by atoms with Crippen molar-refractivity contribution in [3.63, 3.8) is 0 Å². The van der Waals surface area contributed by atoms with E-state index in [-0.39, 0.29) is 18.3 Å². The van der Waals surface area contributed by atoms with Crippen molar-refractivity contribution in [3.8, 4) is 11.5 Å². The Bertz CT molecular complexity index is 897. The number of carbonyl (C=O) groups excluding carboxylic acids is 1. The summed E-state index contributed by atoms with van der Waals surface area (Å²) in [6.07, 6.45) is 0. The predicted octanol–water partition coefficient (Wildman–Crippen LogP) is 4.56. The van der Waals surface area contributed by atoms with Crippen LogP contribution in [0.1, 0.15) is 15.9 Å². The van der Waals surface area contributed by atoms with Gasteiger partial charge in [0.1, 0.15) is 30.5 Å². The van der Waals surface area contributed by atoms with E-state index in [0.717, 1.165) is 11.3 Å². The minimum absolute atomic E-state index is 0.147. The first kappa shape index (κ1) is 19.4. The van der Waals surface area contributed by atoms with E-state index >= 15 is 0 Å². The predicted molar refractivity (Wildman–Crippen MR) is 106 cm³/mol. The number of halogens is 1. The zero-order valence-corrected chi connectivity index (χ0v) is 15.7. The molecule has 0 bridgehead atoms. The summed E-state index contributed by atoms with van der Waals surface area (Å²) in [5.74, 6) is 0.823. The third-order valence-corrected chi connectivity index (χ3v) is 4.21. The lowest BCUT2D eigenvalue weighted by Crippen LogP contribution is -2.31. The Balaban J connectivity index is 1.58. The highest BCUT2D eigenvalue weighted by Crippen LogP contribution is 2.21. The highest BCUT2D eigenvalue weighted by atomic mass is 19.1. The van der Waals surface area contributed by atoms with Gasteiger partial charge in [-0.3, -0.25) is 4.79 Å². The zero-order chi connectivity index (χ0) is 19.8. The van der Waals surface area contributed by atoms with Gasteiger partial charge in [-0.25, -0.2) is 4.39 Å². The molecule has 0 aromatic heterocycles. The lowest BCUT2D eigenvalue weighted by atomic mass is 10.1. The van der Waals surface area contributed by atoms with Crippen molar-refractivity contribution in [1.29, 1.82) is 0 Å². The van der Waals surface area contributed by atoms with Crippen LogP contribution < -0.4 is 9.47 Å². The van der Waals surface area contributed by atoms with Crippen molar-refractivity contribution >= 4 is 5.91 Å². The van der Waals surface area contributed by atoms with Crippen LogP contribution in [0.4, 0.5) is 4.39 Å². The molecular formula is C23H22FNO3. The molecule has 144 valence electrons. The molecule has 0 heterocycles. The van der Waals surface area contributed by atoms with Gasteiger partial charge >= 0.3 is 0 Å². The van der Waals surface area contributed by atoms with E-state index in [9.17, 15) is 9.18 Å². The fourth-order valence-electron chi connectivity index (χ4n) is 2.64. The number of ether oxygens (including phenoxy) is 2. The van der Waals surface area contributed by atoms with E-state index in [1.807, 2.05) is 36.4 Å². The summed E-state index contributed by atoms with van der Waals surface area (Å²) in [5.41, 5.74) is 1.31. The molecule has 0 saturated carbocycles. The standard InChI is InChI=1S/C23H22FNO3/c1-25(15-16-27-20-7-3-2-4-8-20)23(26)21-9-5-6-10-22(21)28-17-18-11-13-19(24)14-12-18/h2-14H,15-17H2,1H3. The average Bonchev–Trinajstić information content (AvgIpc) is 2.74. The highest BCUT2D eigenvalue weighted by molar-refractivity contribution is 5.96. The van der Waals surface area contributed by atoms with Gasteiger partial charge in [-0.1, -0.05) is 42.5 Å². The van der Waals surface area contributed by atoms with Gasteiger partial charge in [0.05, 0.1) is 12.1 Å². The summed E-state index contributed by atoms with van der Waals surface area (Å²) in [6.45, 7) is 1.09. The first-order valence-corrected chi connectivity index (χ1v) is 9.03. The van der Waals surface area contributed by atoms with Gasteiger partial charge in [0.25, 0.3) is 5.91 Å². The van der Waals surface area contributed by atoms with Crippen LogP contribution in [0.5, 0.6) is 11.5 Å². The van der Waals surface area contributed by atoms with Crippen LogP contribution in [0.2, 0.25) is 0 Å². The van der Waals surface area contributed by atoms with E-state index in [2.05, 4.69) is 0 Å². The van der Waals surface area contributed by atoms with Crippen LogP contribution in [0.3, 0.4) is 0 Å². The molecule has 0 atom stereocenters. The fraction of sp³-hybridized carbons (Fsp3) is 0.174. The van der Waals surface area contributed by atoms with Crippen LogP contribution in [0.15, 0.2) is 78.9 Å². The van der Waals surface area contributed by atoms with Crippen molar-refractivity contribution in [1.82, 2.24) is 4.90 Å². The summed E-state index contributed by atoms with van der Waals surface area (Å²) in [6, 6.07) is 22.7. The SMILES string of the molecule is CN(CCOc1ccccc1)C(=O)c1ccccc1OCc1ccc(F)cc1. The van der Waals surface area contributed by atoms with E-state index in [1.54, 1.807) is 42.3 Å². The number of hydrogen-bond acceptors (Lipinski definition) is 3. The Morgan fingerprint density at radius 3 is 2.32 bits per heavy atom. The van der Waals surface area contributed by atoms with Gasteiger partial charge in [-0.2, -0.15) is 0 Å². The number of rotatable bonds is 8. The van der Waals surface area contributed by atoms with Gasteiger partial charge in [-0.15, -0.1) is 0 Å². The summed E-state index contributed by atoms with van der Waals surface area (Å²) in [5, 5.41) is 0. The quantitative estimate of drug-likeness (QED) is 0.576. The number of para-hydroxylation sites is 2. The monoisotopic (exact) mass is 379 g/mol. The van der Waals surface area contributed by atoms with E-state index in [4.69, 9.17) is 9.47 Å². The Labute approximate surface area is 164 Å². The van der Waals surface area contributed by atoms with Crippen molar-refractivity contribution in [2.24, 2.45) is 0 Å². The summed E-state index contributed by atoms with van der Waals surface area (Å²) in [4.78, 5) is 14.4. The molecule has 0 radical (unpaired) electrons. The molecule has 0 spiro atoms. The van der Waals surface area contributed by atoms with Crippen LogP contribution in [-0.2, 0) is 6.61 Å². The Kier molecular flexibility index (Phi) is 6.63. The van der Waals surface area contributed by atoms with Crippen molar-refractivity contribution < 1.29 is 18.7 Å². The maximum atomic E-state index is 13.0. The lowest BCUT2D eigenvalue weighted by Gasteiger charge is -2.19. The molecule has 28 heavy (non-hydrogen) atoms. The lowest BCUT2D eigenvalue weighted by molar-refractivity contribution is 0.0769. The fourth-order valence-corrected chi connectivity index (χ4v) is 2.64. The van der Waals surface area contributed by atoms with Gasteiger partial charge in [0.2, 0.25) is 0 Å². The number of amides is 1. The number of hydrogen-bond donors (Lipinski definition) is 0. The molecule has 0 fully saturated rings. The summed E-state index contributed by atoms with van der Waals surface area (Å²) < 4.78 is 24.5.